The lowest BCUT2D eigenvalue weighted by molar-refractivity contribution is -0.147. The molecular weight excluding hydrogens is 258 g/mol. The molecule has 1 saturated heterocycles. The second kappa shape index (κ2) is 7.46. The third-order valence-electron chi connectivity index (χ3n) is 6.38. The van der Waals surface area contributed by atoms with E-state index in [1.54, 1.807) is 0 Å². The first-order valence-electron chi connectivity index (χ1n) is 9.69. The molecule has 3 fully saturated rings. The first kappa shape index (κ1) is 15.8. The average Bonchev–Trinajstić information content (AvgIpc) is 2.99. The van der Waals surface area contributed by atoms with Gasteiger partial charge in [-0.3, -0.25) is 0 Å². The molecule has 0 radical (unpaired) electrons. The maximum atomic E-state index is 6.14. The Morgan fingerprint density at radius 3 is 2.62 bits per heavy atom. The minimum atomic E-state index is 0.308. The van der Waals surface area contributed by atoms with Crippen LogP contribution < -0.4 is 5.32 Å². The Bertz CT molecular complexity index is 307. The van der Waals surface area contributed by atoms with E-state index in [0.717, 1.165) is 24.5 Å². The number of nitrogens with one attached hydrogen (secondary N) is 1. The summed E-state index contributed by atoms with van der Waals surface area (Å²) in [6, 6.07) is 0.756. The van der Waals surface area contributed by atoms with E-state index >= 15 is 0 Å². The topological polar surface area (TPSA) is 21.3 Å². The summed E-state index contributed by atoms with van der Waals surface area (Å²) in [6.45, 7) is 4.50. The van der Waals surface area contributed by atoms with Gasteiger partial charge in [-0.15, -0.1) is 0 Å². The zero-order valence-electron chi connectivity index (χ0n) is 14.0. The summed E-state index contributed by atoms with van der Waals surface area (Å²) in [7, 11) is 0. The second-order valence-electron chi connectivity index (χ2n) is 7.93. The van der Waals surface area contributed by atoms with Crippen LogP contribution in [-0.2, 0) is 4.74 Å². The highest BCUT2D eigenvalue weighted by molar-refractivity contribution is 4.96. The Kier molecular flexibility index (Phi) is 5.61. The lowest BCUT2D eigenvalue weighted by Gasteiger charge is -2.49. The minimum Gasteiger partial charge on any atom is -0.375 e. The van der Waals surface area contributed by atoms with Crippen LogP contribution in [0.4, 0.5) is 0 Å². The molecule has 2 unspecified atom stereocenters. The van der Waals surface area contributed by atoms with Crippen molar-refractivity contribution in [1.29, 1.82) is 0 Å². The van der Waals surface area contributed by atoms with Crippen LogP contribution in [0, 0.1) is 11.8 Å². The van der Waals surface area contributed by atoms with Crippen molar-refractivity contribution in [3.63, 3.8) is 0 Å². The maximum absolute atomic E-state index is 6.14. The Labute approximate surface area is 131 Å². The van der Waals surface area contributed by atoms with E-state index in [2.05, 4.69) is 12.2 Å². The molecule has 0 aromatic rings. The molecule has 2 nitrogen and oxygen atoms in total. The average molecular weight is 293 g/mol. The van der Waals surface area contributed by atoms with E-state index in [0.29, 0.717) is 5.60 Å². The highest BCUT2D eigenvalue weighted by Gasteiger charge is 2.44. The van der Waals surface area contributed by atoms with Crippen LogP contribution in [0.25, 0.3) is 0 Å². The molecule has 0 aromatic carbocycles. The normalized spacial score (nSPS) is 30.4. The van der Waals surface area contributed by atoms with Crippen molar-refractivity contribution in [3.05, 3.63) is 0 Å². The van der Waals surface area contributed by atoms with Gasteiger partial charge < -0.3 is 10.1 Å². The largest absolute Gasteiger partial charge is 0.375 e. The van der Waals surface area contributed by atoms with Crippen LogP contribution in [0.15, 0.2) is 0 Å². The summed E-state index contributed by atoms with van der Waals surface area (Å²) in [5.74, 6) is 1.90. The van der Waals surface area contributed by atoms with Crippen molar-refractivity contribution < 1.29 is 4.74 Å². The van der Waals surface area contributed by atoms with Crippen LogP contribution in [-0.4, -0.2) is 24.8 Å². The van der Waals surface area contributed by atoms with Crippen LogP contribution >= 0.6 is 0 Å². The molecule has 21 heavy (non-hydrogen) atoms. The zero-order valence-corrected chi connectivity index (χ0v) is 14.0. The number of hydrogen-bond donors (Lipinski definition) is 1. The fraction of sp³-hybridized carbons (Fsp3) is 1.00. The monoisotopic (exact) mass is 293 g/mol. The summed E-state index contributed by atoms with van der Waals surface area (Å²) < 4.78 is 6.14. The summed E-state index contributed by atoms with van der Waals surface area (Å²) >= 11 is 0. The fourth-order valence-electron chi connectivity index (χ4n) is 4.88. The fourth-order valence-corrected chi connectivity index (χ4v) is 4.88. The molecule has 122 valence electrons. The Morgan fingerprint density at radius 1 is 1.14 bits per heavy atom. The zero-order chi connectivity index (χ0) is 14.5. The molecule has 0 amide bonds. The third kappa shape index (κ3) is 4.01. The summed E-state index contributed by atoms with van der Waals surface area (Å²) in [4.78, 5) is 0. The highest BCUT2D eigenvalue weighted by Crippen LogP contribution is 2.45. The van der Waals surface area contributed by atoms with Gasteiger partial charge >= 0.3 is 0 Å². The van der Waals surface area contributed by atoms with E-state index in [4.69, 9.17) is 4.74 Å². The van der Waals surface area contributed by atoms with Crippen LogP contribution in [0.3, 0.4) is 0 Å². The van der Waals surface area contributed by atoms with Gasteiger partial charge in [0.2, 0.25) is 0 Å². The first-order valence-corrected chi connectivity index (χ1v) is 9.69. The molecule has 3 rings (SSSR count). The predicted octanol–water partition coefficient (Wildman–Crippen LogP) is 4.67. The van der Waals surface area contributed by atoms with Gasteiger partial charge in [0.25, 0.3) is 0 Å². The number of hydrogen-bond acceptors (Lipinski definition) is 2. The smallest absolute Gasteiger partial charge is 0.0685 e. The maximum Gasteiger partial charge on any atom is 0.0685 e. The van der Waals surface area contributed by atoms with Gasteiger partial charge in [0.1, 0.15) is 0 Å². The van der Waals surface area contributed by atoms with Crippen LogP contribution in [0.1, 0.15) is 84.0 Å². The predicted molar refractivity (Wildman–Crippen MR) is 88.5 cm³/mol. The van der Waals surface area contributed by atoms with Gasteiger partial charge in [-0.25, -0.2) is 0 Å². The minimum absolute atomic E-state index is 0.308. The summed E-state index contributed by atoms with van der Waals surface area (Å²) in [6.07, 6.45) is 16.8. The molecule has 1 aliphatic heterocycles. The molecule has 1 spiro atoms. The molecule has 1 heterocycles. The van der Waals surface area contributed by atoms with E-state index in [-0.39, 0.29) is 0 Å². The molecule has 2 heteroatoms. The van der Waals surface area contributed by atoms with Gasteiger partial charge in [-0.2, -0.15) is 0 Å². The third-order valence-corrected chi connectivity index (χ3v) is 6.38. The van der Waals surface area contributed by atoms with Gasteiger partial charge in [0.05, 0.1) is 5.60 Å². The quantitative estimate of drug-likeness (QED) is 0.736. The Morgan fingerprint density at radius 2 is 1.95 bits per heavy atom. The Hall–Kier alpha value is -0.0800. The molecule has 0 aromatic heterocycles. The van der Waals surface area contributed by atoms with Crippen LogP contribution in [0.2, 0.25) is 0 Å². The summed E-state index contributed by atoms with van der Waals surface area (Å²) in [5, 5.41) is 3.89. The molecule has 2 atom stereocenters. The first-order chi connectivity index (χ1) is 10.3. The SMILES string of the molecule is CCCNC(CCC1CCCC1)C1CCOC2(CCC2)C1. The van der Waals surface area contributed by atoms with Crippen molar-refractivity contribution in [2.45, 2.75) is 95.6 Å². The molecule has 2 saturated carbocycles. The molecular formula is C19H35NO. The van der Waals surface area contributed by atoms with Crippen molar-refractivity contribution >= 4 is 0 Å². The lowest BCUT2D eigenvalue weighted by Crippen LogP contribution is -2.50. The molecule has 1 N–H and O–H groups in total. The summed E-state index contributed by atoms with van der Waals surface area (Å²) in [5.41, 5.74) is 0.308. The van der Waals surface area contributed by atoms with E-state index in [1.807, 2.05) is 0 Å². The van der Waals surface area contributed by atoms with E-state index < -0.39 is 0 Å². The van der Waals surface area contributed by atoms with Crippen molar-refractivity contribution in [2.24, 2.45) is 11.8 Å². The number of rotatable bonds is 7. The Balaban J connectivity index is 1.52. The lowest BCUT2D eigenvalue weighted by atomic mass is 9.70. The van der Waals surface area contributed by atoms with Gasteiger partial charge in [-0.1, -0.05) is 32.6 Å². The van der Waals surface area contributed by atoms with Crippen molar-refractivity contribution in [2.75, 3.05) is 13.2 Å². The van der Waals surface area contributed by atoms with E-state index in [9.17, 15) is 0 Å². The van der Waals surface area contributed by atoms with Crippen LogP contribution in [0.5, 0.6) is 0 Å². The van der Waals surface area contributed by atoms with Gasteiger partial charge in [0, 0.05) is 12.6 Å². The van der Waals surface area contributed by atoms with Gasteiger partial charge in [0.15, 0.2) is 0 Å². The van der Waals surface area contributed by atoms with Crippen molar-refractivity contribution in [3.8, 4) is 0 Å². The van der Waals surface area contributed by atoms with Crippen molar-refractivity contribution in [1.82, 2.24) is 5.32 Å². The molecule has 3 aliphatic rings. The number of ether oxygens (including phenoxy) is 1. The second-order valence-corrected chi connectivity index (χ2v) is 7.93. The standard InChI is InChI=1S/C19H35NO/c1-2-13-20-18(9-8-16-6-3-4-7-16)17-10-14-21-19(15-17)11-5-12-19/h16-18,20H,2-15H2,1H3. The molecule has 0 bridgehead atoms. The van der Waals surface area contributed by atoms with E-state index in [1.165, 1.54) is 83.6 Å². The highest BCUT2D eigenvalue weighted by atomic mass is 16.5. The molecule has 2 aliphatic carbocycles. The van der Waals surface area contributed by atoms with Gasteiger partial charge in [-0.05, 0) is 69.7 Å².